The highest BCUT2D eigenvalue weighted by molar-refractivity contribution is 7.20. The molecule has 0 saturated carbocycles. The van der Waals surface area contributed by atoms with Crippen LogP contribution in [0.2, 0.25) is 4.34 Å². The van der Waals surface area contributed by atoms with Gasteiger partial charge < -0.3 is 24.8 Å². The fourth-order valence-electron chi connectivity index (χ4n) is 3.99. The molecule has 0 atom stereocenters. The number of likely N-dealkylation sites (tertiary alicyclic amines) is 1. The molecule has 7 nitrogen and oxygen atoms in total. The summed E-state index contributed by atoms with van der Waals surface area (Å²) in [5, 5.41) is 7.38. The van der Waals surface area contributed by atoms with Crippen LogP contribution in [0.1, 0.15) is 26.7 Å². The van der Waals surface area contributed by atoms with Crippen molar-refractivity contribution >= 4 is 50.8 Å². The number of halogens is 1. The first-order valence-electron chi connectivity index (χ1n) is 10.7. The van der Waals surface area contributed by atoms with Gasteiger partial charge in [0.25, 0.3) is 0 Å². The minimum atomic E-state index is -0.498. The van der Waals surface area contributed by atoms with Crippen molar-refractivity contribution < 1.29 is 14.3 Å². The second-order valence-electron chi connectivity index (χ2n) is 8.22. The van der Waals surface area contributed by atoms with Crippen LogP contribution in [0.4, 0.5) is 9.80 Å². The molecule has 3 aromatic rings. The van der Waals surface area contributed by atoms with Crippen LogP contribution in [0.25, 0.3) is 10.9 Å². The Kier molecular flexibility index (Phi) is 7.03. The topological polar surface area (TPSA) is 75.6 Å². The van der Waals surface area contributed by atoms with Crippen LogP contribution < -0.4 is 15.4 Å². The molecule has 0 bridgehead atoms. The maximum Gasteiger partial charge on any atom is 0.414 e. The molecule has 2 N–H and O–H groups in total. The number of hydrogen-bond donors (Lipinski definition) is 2. The SMILES string of the molecule is CC(C)N1CCC(NC(=O)Oc2cc3ccccc3n2CC(=O)Nc2ccc(Cl)s2)CC1. The molecular weight excluding hydrogens is 448 g/mol. The van der Waals surface area contributed by atoms with E-state index in [1.807, 2.05) is 24.3 Å². The minimum absolute atomic E-state index is 0.0123. The summed E-state index contributed by atoms with van der Waals surface area (Å²) in [6, 6.07) is 13.5. The van der Waals surface area contributed by atoms with Gasteiger partial charge in [0.15, 0.2) is 0 Å². The van der Waals surface area contributed by atoms with Gasteiger partial charge in [-0.25, -0.2) is 4.79 Å². The van der Waals surface area contributed by atoms with Gasteiger partial charge in [-0.1, -0.05) is 29.8 Å². The predicted molar refractivity (Wildman–Crippen MR) is 129 cm³/mol. The molecule has 1 fully saturated rings. The lowest BCUT2D eigenvalue weighted by atomic mass is 10.0. The molecule has 32 heavy (non-hydrogen) atoms. The van der Waals surface area contributed by atoms with Crippen molar-refractivity contribution in [3.05, 3.63) is 46.8 Å². The molecule has 2 amide bonds. The monoisotopic (exact) mass is 474 g/mol. The van der Waals surface area contributed by atoms with E-state index in [2.05, 4.69) is 29.4 Å². The number of fused-ring (bicyclic) bond motifs is 1. The van der Waals surface area contributed by atoms with Gasteiger partial charge >= 0.3 is 6.09 Å². The number of carbonyl (C=O) groups excluding carboxylic acids is 2. The number of hydrogen-bond acceptors (Lipinski definition) is 5. The average Bonchev–Trinajstić information content (AvgIpc) is 3.31. The average molecular weight is 475 g/mol. The first kappa shape index (κ1) is 22.6. The zero-order chi connectivity index (χ0) is 22.7. The van der Waals surface area contributed by atoms with E-state index in [0.29, 0.717) is 21.3 Å². The molecule has 9 heteroatoms. The van der Waals surface area contributed by atoms with E-state index in [0.717, 1.165) is 36.8 Å². The Hall–Kier alpha value is -2.55. The summed E-state index contributed by atoms with van der Waals surface area (Å²) in [6.45, 7) is 6.29. The van der Waals surface area contributed by atoms with Gasteiger partial charge in [-0.05, 0) is 44.9 Å². The van der Waals surface area contributed by atoms with Crippen LogP contribution in [0.3, 0.4) is 0 Å². The Labute approximate surface area is 196 Å². The number of benzene rings is 1. The van der Waals surface area contributed by atoms with Gasteiger partial charge in [0, 0.05) is 36.6 Å². The number of nitrogens with one attached hydrogen (secondary N) is 2. The largest absolute Gasteiger partial charge is 0.414 e. The quantitative estimate of drug-likeness (QED) is 0.529. The van der Waals surface area contributed by atoms with Crippen molar-refractivity contribution in [1.82, 2.24) is 14.8 Å². The van der Waals surface area contributed by atoms with E-state index in [4.69, 9.17) is 16.3 Å². The molecule has 170 valence electrons. The number of carbonyl (C=O) groups is 2. The highest BCUT2D eigenvalue weighted by Crippen LogP contribution is 2.28. The summed E-state index contributed by atoms with van der Waals surface area (Å²) in [4.78, 5) is 27.7. The van der Waals surface area contributed by atoms with Crippen molar-refractivity contribution in [2.45, 2.75) is 45.3 Å². The van der Waals surface area contributed by atoms with E-state index >= 15 is 0 Å². The highest BCUT2D eigenvalue weighted by Gasteiger charge is 2.23. The molecule has 0 radical (unpaired) electrons. The van der Waals surface area contributed by atoms with Crippen molar-refractivity contribution in [2.24, 2.45) is 0 Å². The lowest BCUT2D eigenvalue weighted by molar-refractivity contribution is -0.116. The van der Waals surface area contributed by atoms with Gasteiger partial charge in [-0.2, -0.15) is 0 Å². The fourth-order valence-corrected chi connectivity index (χ4v) is 4.95. The standard InChI is InChI=1S/C23H27ClN4O3S/c1-15(2)27-11-9-17(10-12-27)25-23(30)31-22-13-16-5-3-4-6-18(16)28(22)14-20(29)26-21-8-7-19(24)32-21/h3-8,13,15,17H,9-12,14H2,1-2H3,(H,25,30)(H,26,29). The Morgan fingerprint density at radius 3 is 2.62 bits per heavy atom. The molecule has 1 saturated heterocycles. The summed E-state index contributed by atoms with van der Waals surface area (Å²) in [6.07, 6.45) is 1.28. The van der Waals surface area contributed by atoms with Gasteiger partial charge in [-0.15, -0.1) is 11.3 Å². The zero-order valence-corrected chi connectivity index (χ0v) is 19.7. The van der Waals surface area contributed by atoms with Crippen LogP contribution in [0.15, 0.2) is 42.5 Å². The molecular formula is C23H27ClN4O3S. The van der Waals surface area contributed by atoms with E-state index in [9.17, 15) is 9.59 Å². The van der Waals surface area contributed by atoms with E-state index < -0.39 is 6.09 Å². The van der Waals surface area contributed by atoms with Crippen molar-refractivity contribution in [3.8, 4) is 5.88 Å². The van der Waals surface area contributed by atoms with Gasteiger partial charge in [0.2, 0.25) is 11.8 Å². The maximum absolute atomic E-state index is 12.6. The van der Waals surface area contributed by atoms with Crippen LogP contribution in [-0.2, 0) is 11.3 Å². The molecule has 3 heterocycles. The number of aromatic nitrogens is 1. The normalized spacial score (nSPS) is 15.2. The first-order valence-corrected chi connectivity index (χ1v) is 11.9. The summed E-state index contributed by atoms with van der Waals surface area (Å²) < 4.78 is 7.98. The van der Waals surface area contributed by atoms with Crippen molar-refractivity contribution in [2.75, 3.05) is 18.4 Å². The molecule has 0 aliphatic carbocycles. The summed E-state index contributed by atoms with van der Waals surface area (Å²) in [7, 11) is 0. The smallest absolute Gasteiger partial charge is 0.393 e. The number of thiophene rings is 1. The number of piperidine rings is 1. The number of ether oxygens (including phenoxy) is 1. The lowest BCUT2D eigenvalue weighted by Crippen LogP contribution is -2.47. The van der Waals surface area contributed by atoms with Crippen LogP contribution in [-0.4, -0.2) is 46.6 Å². The van der Waals surface area contributed by atoms with Gasteiger partial charge in [0.1, 0.15) is 6.54 Å². The number of rotatable bonds is 6. The van der Waals surface area contributed by atoms with Crippen LogP contribution in [0.5, 0.6) is 5.88 Å². The van der Waals surface area contributed by atoms with Crippen LogP contribution >= 0.6 is 22.9 Å². The minimum Gasteiger partial charge on any atom is -0.393 e. The van der Waals surface area contributed by atoms with Crippen LogP contribution in [0, 0.1) is 0 Å². The van der Waals surface area contributed by atoms with E-state index in [-0.39, 0.29) is 18.5 Å². The maximum atomic E-state index is 12.6. The predicted octanol–water partition coefficient (Wildman–Crippen LogP) is 4.96. The van der Waals surface area contributed by atoms with Gasteiger partial charge in [0.05, 0.1) is 14.9 Å². The van der Waals surface area contributed by atoms with Gasteiger partial charge in [-0.3, -0.25) is 4.79 Å². The molecule has 1 aromatic carbocycles. The summed E-state index contributed by atoms with van der Waals surface area (Å²) in [5.41, 5.74) is 0.819. The second kappa shape index (κ2) is 9.94. The second-order valence-corrected chi connectivity index (χ2v) is 9.93. The zero-order valence-electron chi connectivity index (χ0n) is 18.1. The summed E-state index contributed by atoms with van der Waals surface area (Å²) in [5.74, 6) is 0.110. The van der Waals surface area contributed by atoms with Crippen molar-refractivity contribution in [1.29, 1.82) is 0 Å². The third kappa shape index (κ3) is 5.43. The number of anilines is 1. The number of amides is 2. The lowest BCUT2D eigenvalue weighted by Gasteiger charge is -2.34. The third-order valence-corrected chi connectivity index (χ3v) is 6.84. The van der Waals surface area contributed by atoms with E-state index in [1.54, 1.807) is 22.8 Å². The molecule has 4 rings (SSSR count). The van der Waals surface area contributed by atoms with Crippen molar-refractivity contribution in [3.63, 3.8) is 0 Å². The number of para-hydroxylation sites is 1. The molecule has 1 aliphatic heterocycles. The molecule has 1 aliphatic rings. The Morgan fingerprint density at radius 2 is 1.94 bits per heavy atom. The highest BCUT2D eigenvalue weighted by atomic mass is 35.5. The summed E-state index contributed by atoms with van der Waals surface area (Å²) >= 11 is 7.24. The third-order valence-electron chi connectivity index (χ3n) is 5.69. The Bertz CT molecular complexity index is 1100. The Balaban J connectivity index is 1.44. The van der Waals surface area contributed by atoms with E-state index in [1.165, 1.54) is 11.3 Å². The molecule has 0 spiro atoms. The molecule has 0 unspecified atom stereocenters. The molecule has 2 aromatic heterocycles. The first-order chi connectivity index (χ1) is 15.4. The Morgan fingerprint density at radius 1 is 1.19 bits per heavy atom. The fraction of sp³-hybridized carbons (Fsp3) is 0.391. The number of nitrogens with zero attached hydrogens (tertiary/aromatic N) is 2.